The molecule has 0 radical (unpaired) electrons. The average molecular weight is 526 g/mol. The third-order valence-electron chi connectivity index (χ3n) is 4.54. The predicted molar refractivity (Wildman–Crippen MR) is 106 cm³/mol. The molecule has 0 saturated carbocycles. The standard InChI is InChI=1S/C19H12BrF4N7O2/c20-11-6-26-17(27-7-11)33-13-2-4-16(25-8-13)19(23,24)18(32,9-31-10-28-29-30-31)14-3-1-12(21)5-15(14)22/h1-8,10,32H,9H2. The molecule has 0 aliphatic carbocycles. The summed E-state index contributed by atoms with van der Waals surface area (Å²) in [6.07, 6.45) is 4.78. The van der Waals surface area contributed by atoms with Crippen LogP contribution in [0.15, 0.2) is 59.7 Å². The van der Waals surface area contributed by atoms with Gasteiger partial charge in [-0.2, -0.15) is 8.78 Å². The third-order valence-corrected chi connectivity index (χ3v) is 4.95. The Morgan fingerprint density at radius 2 is 1.79 bits per heavy atom. The van der Waals surface area contributed by atoms with Crippen molar-refractivity contribution < 1.29 is 27.4 Å². The number of pyridine rings is 1. The molecule has 14 heteroatoms. The molecule has 3 aromatic heterocycles. The van der Waals surface area contributed by atoms with Gasteiger partial charge in [-0.05, 0) is 50.6 Å². The van der Waals surface area contributed by atoms with Crippen LogP contribution in [-0.4, -0.2) is 40.3 Å². The lowest BCUT2D eigenvalue weighted by Gasteiger charge is -2.35. The van der Waals surface area contributed by atoms with Gasteiger partial charge in [-0.1, -0.05) is 0 Å². The minimum atomic E-state index is -4.18. The molecule has 3 heterocycles. The van der Waals surface area contributed by atoms with Crippen LogP contribution in [0.25, 0.3) is 0 Å². The Hall–Kier alpha value is -3.52. The van der Waals surface area contributed by atoms with Gasteiger partial charge in [0.2, 0.25) is 0 Å². The summed E-state index contributed by atoms with van der Waals surface area (Å²) in [5, 5.41) is 21.2. The summed E-state index contributed by atoms with van der Waals surface area (Å²) in [6.45, 7) is -0.956. The van der Waals surface area contributed by atoms with Crippen molar-refractivity contribution in [1.29, 1.82) is 0 Å². The molecule has 170 valence electrons. The fraction of sp³-hybridized carbons (Fsp3) is 0.158. The Labute approximate surface area is 191 Å². The second-order valence-corrected chi connectivity index (χ2v) is 7.65. The van der Waals surface area contributed by atoms with E-state index in [0.717, 1.165) is 41.5 Å². The van der Waals surface area contributed by atoms with Gasteiger partial charge in [-0.25, -0.2) is 23.4 Å². The van der Waals surface area contributed by atoms with Crippen molar-refractivity contribution in [3.63, 3.8) is 0 Å². The van der Waals surface area contributed by atoms with Crippen LogP contribution in [0, 0.1) is 11.6 Å². The van der Waals surface area contributed by atoms with E-state index in [1.54, 1.807) is 0 Å². The van der Waals surface area contributed by atoms with E-state index >= 15 is 8.78 Å². The van der Waals surface area contributed by atoms with Crippen molar-refractivity contribution in [2.75, 3.05) is 0 Å². The van der Waals surface area contributed by atoms with Gasteiger partial charge in [-0.15, -0.1) is 5.10 Å². The normalized spacial score (nSPS) is 13.5. The third kappa shape index (κ3) is 4.52. The Kier molecular flexibility index (Phi) is 6.03. The van der Waals surface area contributed by atoms with Crippen molar-refractivity contribution in [3.8, 4) is 11.8 Å². The zero-order valence-corrected chi connectivity index (χ0v) is 17.9. The molecule has 0 fully saturated rings. The molecule has 0 aliphatic heterocycles. The van der Waals surface area contributed by atoms with E-state index in [1.165, 1.54) is 12.4 Å². The second kappa shape index (κ2) is 8.78. The zero-order chi connectivity index (χ0) is 23.6. The maximum absolute atomic E-state index is 15.6. The molecule has 1 aromatic carbocycles. The fourth-order valence-electron chi connectivity index (χ4n) is 2.96. The summed E-state index contributed by atoms with van der Waals surface area (Å²) < 4.78 is 65.9. The van der Waals surface area contributed by atoms with Crippen LogP contribution in [0.1, 0.15) is 11.3 Å². The quantitative estimate of drug-likeness (QED) is 0.365. The molecule has 4 aromatic rings. The van der Waals surface area contributed by atoms with Gasteiger partial charge in [0.05, 0.1) is 17.2 Å². The summed E-state index contributed by atoms with van der Waals surface area (Å²) in [5.41, 5.74) is -5.01. The van der Waals surface area contributed by atoms with Gasteiger partial charge in [0, 0.05) is 24.0 Å². The molecule has 9 nitrogen and oxygen atoms in total. The highest BCUT2D eigenvalue weighted by molar-refractivity contribution is 9.10. The number of tetrazole rings is 1. The highest BCUT2D eigenvalue weighted by Crippen LogP contribution is 2.46. The van der Waals surface area contributed by atoms with Gasteiger partial charge >= 0.3 is 11.9 Å². The maximum Gasteiger partial charge on any atom is 0.323 e. The highest BCUT2D eigenvalue weighted by atomic mass is 79.9. The number of hydrogen-bond acceptors (Lipinski definition) is 8. The van der Waals surface area contributed by atoms with Gasteiger partial charge in [-0.3, -0.25) is 4.98 Å². The van der Waals surface area contributed by atoms with Crippen LogP contribution >= 0.6 is 15.9 Å². The first-order valence-corrected chi connectivity index (χ1v) is 9.87. The van der Waals surface area contributed by atoms with E-state index in [-0.39, 0.29) is 11.8 Å². The van der Waals surface area contributed by atoms with E-state index in [2.05, 4.69) is 46.4 Å². The van der Waals surface area contributed by atoms with Gasteiger partial charge < -0.3 is 9.84 Å². The Bertz CT molecular complexity index is 1240. The molecule has 0 amide bonds. The molecule has 4 rings (SSSR count). The molecular formula is C19H12BrF4N7O2. The molecule has 0 spiro atoms. The van der Waals surface area contributed by atoms with E-state index in [4.69, 9.17) is 4.74 Å². The van der Waals surface area contributed by atoms with Crippen LogP contribution in [0.5, 0.6) is 11.8 Å². The fourth-order valence-corrected chi connectivity index (χ4v) is 3.17. The minimum Gasteiger partial charge on any atom is -0.423 e. The number of nitrogens with zero attached hydrogens (tertiary/aromatic N) is 7. The largest absolute Gasteiger partial charge is 0.423 e. The van der Waals surface area contributed by atoms with E-state index in [9.17, 15) is 13.9 Å². The average Bonchev–Trinajstić information content (AvgIpc) is 3.28. The van der Waals surface area contributed by atoms with Crippen LogP contribution in [-0.2, 0) is 18.1 Å². The summed E-state index contributed by atoms with van der Waals surface area (Å²) in [6, 6.07) is 3.86. The van der Waals surface area contributed by atoms with Crippen LogP contribution in [0.3, 0.4) is 0 Å². The SMILES string of the molecule is OC(Cn1cnnn1)(c1ccc(F)cc1F)C(F)(F)c1ccc(Oc2ncc(Br)cn2)cn1. The van der Waals surface area contributed by atoms with Gasteiger partial charge in [0.1, 0.15) is 29.4 Å². The molecule has 1 unspecified atom stereocenters. The number of aromatic nitrogens is 7. The van der Waals surface area contributed by atoms with Crippen molar-refractivity contribution >= 4 is 15.9 Å². The monoisotopic (exact) mass is 525 g/mol. The Morgan fingerprint density at radius 1 is 1.03 bits per heavy atom. The van der Waals surface area contributed by atoms with E-state index in [0.29, 0.717) is 10.5 Å². The van der Waals surface area contributed by atoms with E-state index < -0.39 is 41.0 Å². The molecular weight excluding hydrogens is 514 g/mol. The van der Waals surface area contributed by atoms with Gasteiger partial charge in [0.15, 0.2) is 5.60 Å². The number of ether oxygens (including phenoxy) is 1. The Balaban J connectivity index is 1.70. The lowest BCUT2D eigenvalue weighted by atomic mass is 9.84. The predicted octanol–water partition coefficient (Wildman–Crippen LogP) is 3.37. The number of rotatable bonds is 7. The number of hydrogen-bond donors (Lipinski definition) is 1. The summed E-state index contributed by atoms with van der Waals surface area (Å²) in [4.78, 5) is 11.5. The first kappa shape index (κ1) is 22.7. The zero-order valence-electron chi connectivity index (χ0n) is 16.3. The van der Waals surface area contributed by atoms with Crippen molar-refractivity contribution in [2.45, 2.75) is 18.1 Å². The number of aliphatic hydroxyl groups is 1. The summed E-state index contributed by atoms with van der Waals surface area (Å²) in [7, 11) is 0. The van der Waals surface area contributed by atoms with E-state index in [1.807, 2.05) is 0 Å². The highest BCUT2D eigenvalue weighted by Gasteiger charge is 2.58. The van der Waals surface area contributed by atoms with Crippen LogP contribution in [0.4, 0.5) is 17.6 Å². The first-order chi connectivity index (χ1) is 15.7. The molecule has 33 heavy (non-hydrogen) atoms. The van der Waals surface area contributed by atoms with Gasteiger partial charge in [0.25, 0.3) is 0 Å². The summed E-state index contributed by atoms with van der Waals surface area (Å²) >= 11 is 3.17. The lowest BCUT2D eigenvalue weighted by molar-refractivity contribution is -0.207. The van der Waals surface area contributed by atoms with Crippen LogP contribution < -0.4 is 4.74 Å². The molecule has 0 aliphatic rings. The Morgan fingerprint density at radius 3 is 2.39 bits per heavy atom. The number of alkyl halides is 2. The van der Waals surface area contributed by atoms with Crippen LogP contribution in [0.2, 0.25) is 0 Å². The van der Waals surface area contributed by atoms with Crippen molar-refractivity contribution in [3.05, 3.63) is 82.6 Å². The first-order valence-electron chi connectivity index (χ1n) is 9.07. The lowest BCUT2D eigenvalue weighted by Crippen LogP contribution is -2.48. The van der Waals surface area contributed by atoms with Crippen molar-refractivity contribution in [1.82, 2.24) is 35.2 Å². The second-order valence-electron chi connectivity index (χ2n) is 6.73. The minimum absolute atomic E-state index is 0.0360. The topological polar surface area (TPSA) is 112 Å². The molecule has 1 atom stereocenters. The maximum atomic E-state index is 15.6. The molecule has 0 bridgehead atoms. The molecule has 0 saturated heterocycles. The van der Waals surface area contributed by atoms with Crippen molar-refractivity contribution in [2.24, 2.45) is 0 Å². The smallest absolute Gasteiger partial charge is 0.323 e. The number of benzene rings is 1. The molecule has 1 N–H and O–H groups in total. The number of halogens is 5. The summed E-state index contributed by atoms with van der Waals surface area (Å²) in [5.74, 6) is -6.52.